The summed E-state index contributed by atoms with van der Waals surface area (Å²) in [4.78, 5) is 0. The van der Waals surface area contributed by atoms with Crippen molar-refractivity contribution in [3.63, 3.8) is 0 Å². The van der Waals surface area contributed by atoms with Gasteiger partial charge in [-0.15, -0.1) is 12.1 Å². The first-order chi connectivity index (χ1) is 8.15. The van der Waals surface area contributed by atoms with E-state index in [2.05, 4.69) is 6.07 Å². The SMILES string of the molecule is Cc1[c-]ccc(OCc2ccc(F)cc2F)c1.[Br-].[Mg+2]. The molecular formula is C14H11BrF2MgO. The van der Waals surface area contributed by atoms with Gasteiger partial charge in [-0.25, -0.2) is 8.78 Å². The maximum Gasteiger partial charge on any atom is 2.00 e. The van der Waals surface area contributed by atoms with Crippen molar-refractivity contribution in [2.24, 2.45) is 0 Å². The molecule has 0 atom stereocenters. The van der Waals surface area contributed by atoms with Gasteiger partial charge in [0.1, 0.15) is 18.2 Å². The monoisotopic (exact) mass is 336 g/mol. The Morgan fingerprint density at radius 2 is 1.89 bits per heavy atom. The number of benzene rings is 2. The molecule has 1 nitrogen and oxygen atoms in total. The first-order valence-electron chi connectivity index (χ1n) is 5.20. The van der Waals surface area contributed by atoms with Gasteiger partial charge in [-0.1, -0.05) is 6.92 Å². The Kier molecular flexibility index (Phi) is 8.21. The fourth-order valence-electron chi connectivity index (χ4n) is 1.45. The van der Waals surface area contributed by atoms with Crippen LogP contribution in [0.5, 0.6) is 5.75 Å². The summed E-state index contributed by atoms with van der Waals surface area (Å²) < 4.78 is 31.4. The van der Waals surface area contributed by atoms with E-state index < -0.39 is 11.6 Å². The van der Waals surface area contributed by atoms with Crippen molar-refractivity contribution >= 4 is 23.1 Å². The van der Waals surface area contributed by atoms with Crippen LogP contribution in [0.2, 0.25) is 0 Å². The summed E-state index contributed by atoms with van der Waals surface area (Å²) in [6.45, 7) is 1.97. The summed E-state index contributed by atoms with van der Waals surface area (Å²) in [5.41, 5.74) is 1.28. The topological polar surface area (TPSA) is 9.23 Å². The Morgan fingerprint density at radius 1 is 1.16 bits per heavy atom. The molecule has 0 aromatic heterocycles. The Balaban J connectivity index is 0.00000162. The summed E-state index contributed by atoms with van der Waals surface area (Å²) in [6.07, 6.45) is 0. The third kappa shape index (κ3) is 5.46. The minimum Gasteiger partial charge on any atom is -1.00 e. The van der Waals surface area contributed by atoms with Gasteiger partial charge in [0.05, 0.1) is 0 Å². The molecule has 2 aromatic carbocycles. The van der Waals surface area contributed by atoms with Gasteiger partial charge < -0.3 is 21.7 Å². The van der Waals surface area contributed by atoms with Crippen molar-refractivity contribution < 1.29 is 30.5 Å². The molecule has 2 aromatic rings. The Hall–Kier alpha value is -0.654. The zero-order valence-electron chi connectivity index (χ0n) is 10.4. The van der Waals surface area contributed by atoms with Gasteiger partial charge >= 0.3 is 23.1 Å². The second-order valence-electron chi connectivity index (χ2n) is 3.73. The molecule has 2 rings (SSSR count). The standard InChI is InChI=1S/C14H11F2O.BrH.Mg/c1-10-3-2-4-13(7-10)17-9-11-5-6-12(15)8-14(11)16;;/h2,4-8H,9H2,1H3;1H;/q-1;;+2/p-1. The predicted octanol–water partition coefficient (Wildman–Crippen LogP) is 0.276. The number of rotatable bonds is 3. The van der Waals surface area contributed by atoms with E-state index >= 15 is 0 Å². The van der Waals surface area contributed by atoms with E-state index in [1.807, 2.05) is 6.92 Å². The second-order valence-corrected chi connectivity index (χ2v) is 3.73. The maximum atomic E-state index is 13.3. The fraction of sp³-hybridized carbons (Fsp3) is 0.143. The van der Waals surface area contributed by atoms with Crippen LogP contribution in [0.15, 0.2) is 36.4 Å². The van der Waals surface area contributed by atoms with Crippen molar-refractivity contribution in [1.29, 1.82) is 0 Å². The van der Waals surface area contributed by atoms with Crippen LogP contribution in [0.1, 0.15) is 11.1 Å². The molecule has 0 radical (unpaired) electrons. The van der Waals surface area contributed by atoms with Gasteiger partial charge in [-0.05, 0) is 12.1 Å². The molecule has 19 heavy (non-hydrogen) atoms. The average molecular weight is 337 g/mol. The zero-order chi connectivity index (χ0) is 12.3. The number of hydrogen-bond donors (Lipinski definition) is 0. The molecule has 96 valence electrons. The molecule has 0 aliphatic rings. The van der Waals surface area contributed by atoms with E-state index in [4.69, 9.17) is 4.74 Å². The van der Waals surface area contributed by atoms with Crippen LogP contribution in [-0.2, 0) is 6.61 Å². The number of halogens is 3. The smallest absolute Gasteiger partial charge is 1.00 e. The van der Waals surface area contributed by atoms with Gasteiger partial charge in [0, 0.05) is 17.4 Å². The number of aryl methyl sites for hydroxylation is 1. The van der Waals surface area contributed by atoms with Crippen LogP contribution in [0, 0.1) is 24.6 Å². The van der Waals surface area contributed by atoms with E-state index in [0.29, 0.717) is 11.3 Å². The van der Waals surface area contributed by atoms with Gasteiger partial charge in [0.25, 0.3) is 0 Å². The summed E-state index contributed by atoms with van der Waals surface area (Å²) in [6, 6.07) is 11.7. The van der Waals surface area contributed by atoms with Crippen LogP contribution in [0.3, 0.4) is 0 Å². The maximum absolute atomic E-state index is 13.3. The van der Waals surface area contributed by atoms with Gasteiger partial charge in [-0.2, -0.15) is 17.7 Å². The Morgan fingerprint density at radius 3 is 2.53 bits per heavy atom. The Bertz CT molecular complexity index is 535. The first kappa shape index (κ1) is 18.3. The van der Waals surface area contributed by atoms with Crippen LogP contribution < -0.4 is 21.7 Å². The van der Waals surface area contributed by atoms with Crippen LogP contribution >= 0.6 is 0 Å². The van der Waals surface area contributed by atoms with E-state index in [0.717, 1.165) is 11.6 Å². The molecule has 0 saturated heterocycles. The predicted molar refractivity (Wildman–Crippen MR) is 66.5 cm³/mol. The van der Waals surface area contributed by atoms with E-state index in [9.17, 15) is 8.78 Å². The number of hydrogen-bond acceptors (Lipinski definition) is 1. The normalized spacial score (nSPS) is 9.21. The molecule has 0 unspecified atom stereocenters. The molecule has 0 spiro atoms. The van der Waals surface area contributed by atoms with Gasteiger partial charge in [0.2, 0.25) is 0 Å². The van der Waals surface area contributed by atoms with Crippen LogP contribution in [0.4, 0.5) is 8.78 Å². The summed E-state index contributed by atoms with van der Waals surface area (Å²) in [5, 5.41) is 0. The van der Waals surface area contributed by atoms with Crippen molar-refractivity contribution in [3.8, 4) is 5.75 Å². The van der Waals surface area contributed by atoms with Crippen LogP contribution in [0.25, 0.3) is 0 Å². The number of ether oxygens (including phenoxy) is 1. The third-order valence-corrected chi connectivity index (χ3v) is 2.33. The average Bonchev–Trinajstić information content (AvgIpc) is 2.28. The molecule has 0 aliphatic carbocycles. The quantitative estimate of drug-likeness (QED) is 0.577. The largest absolute Gasteiger partial charge is 2.00 e. The fourth-order valence-corrected chi connectivity index (χ4v) is 1.45. The molecule has 0 fully saturated rings. The summed E-state index contributed by atoms with van der Waals surface area (Å²) >= 11 is 0. The van der Waals surface area contributed by atoms with Crippen molar-refractivity contribution in [3.05, 3.63) is 65.2 Å². The summed E-state index contributed by atoms with van der Waals surface area (Å²) in [5.74, 6) is -0.536. The molecule has 0 amide bonds. The minimum absolute atomic E-state index is 0. The van der Waals surface area contributed by atoms with Crippen molar-refractivity contribution in [2.45, 2.75) is 13.5 Å². The minimum atomic E-state index is -0.593. The summed E-state index contributed by atoms with van der Waals surface area (Å²) in [7, 11) is 0. The third-order valence-electron chi connectivity index (χ3n) is 2.33. The Labute approximate surface area is 137 Å². The first-order valence-corrected chi connectivity index (χ1v) is 5.20. The molecule has 0 heterocycles. The molecule has 0 N–H and O–H groups in total. The zero-order valence-corrected chi connectivity index (χ0v) is 13.4. The van der Waals surface area contributed by atoms with E-state index in [1.54, 1.807) is 18.2 Å². The molecule has 0 bridgehead atoms. The van der Waals surface area contributed by atoms with Crippen molar-refractivity contribution in [2.75, 3.05) is 0 Å². The van der Waals surface area contributed by atoms with Gasteiger partial charge in [-0.3, -0.25) is 0 Å². The van der Waals surface area contributed by atoms with E-state index in [1.165, 1.54) is 12.1 Å². The van der Waals surface area contributed by atoms with Crippen molar-refractivity contribution in [1.82, 2.24) is 0 Å². The molecular weight excluding hydrogens is 326 g/mol. The second kappa shape index (κ2) is 8.50. The van der Waals surface area contributed by atoms with Crippen LogP contribution in [-0.4, -0.2) is 23.1 Å². The van der Waals surface area contributed by atoms with Gasteiger partial charge in [0.15, 0.2) is 0 Å². The molecule has 0 aliphatic heterocycles. The molecule has 5 heteroatoms. The van der Waals surface area contributed by atoms with E-state index in [-0.39, 0.29) is 46.6 Å². The molecule has 0 saturated carbocycles.